The van der Waals surface area contributed by atoms with Gasteiger partial charge in [0.25, 0.3) is 5.56 Å². The van der Waals surface area contributed by atoms with E-state index >= 15 is 0 Å². The highest BCUT2D eigenvalue weighted by Gasteiger charge is 2.45. The van der Waals surface area contributed by atoms with Crippen molar-refractivity contribution in [3.8, 4) is 22.9 Å². The summed E-state index contributed by atoms with van der Waals surface area (Å²) in [5, 5.41) is 24.2. The minimum atomic E-state index is -1.90. The Hall–Kier alpha value is -3.92. The Kier molecular flexibility index (Phi) is 3.70. The summed E-state index contributed by atoms with van der Waals surface area (Å²) in [6.07, 6.45) is 1.36. The van der Waals surface area contributed by atoms with E-state index in [4.69, 9.17) is 19.2 Å². The fourth-order valence-electron chi connectivity index (χ4n) is 4.71. The van der Waals surface area contributed by atoms with Gasteiger partial charge in [0.05, 0.1) is 35.2 Å². The number of oxime groups is 1. The van der Waals surface area contributed by atoms with E-state index in [1.165, 1.54) is 10.8 Å². The largest absolute Gasteiger partial charge is 0.458 e. The van der Waals surface area contributed by atoms with Gasteiger partial charge in [-0.3, -0.25) is 4.79 Å². The Balaban J connectivity index is 1.67. The summed E-state index contributed by atoms with van der Waals surface area (Å²) in [4.78, 5) is 30.4. The van der Waals surface area contributed by atoms with Crippen LogP contribution in [-0.2, 0) is 28.3 Å². The molecule has 6 rings (SSSR count). The van der Waals surface area contributed by atoms with Crippen molar-refractivity contribution in [2.45, 2.75) is 32.1 Å². The normalized spacial score (nSPS) is 20.4. The lowest BCUT2D eigenvalue weighted by Crippen LogP contribution is -2.44. The second-order valence-corrected chi connectivity index (χ2v) is 7.92. The van der Waals surface area contributed by atoms with E-state index in [0.29, 0.717) is 44.9 Å². The number of benzene rings is 1. The first-order valence-electron chi connectivity index (χ1n) is 10.1. The molecule has 0 radical (unpaired) electrons. The number of carbonyl (C=O) groups is 1. The zero-order valence-corrected chi connectivity index (χ0v) is 16.9. The number of esters is 1. The van der Waals surface area contributed by atoms with Crippen LogP contribution in [0.15, 0.2) is 28.1 Å². The van der Waals surface area contributed by atoms with Crippen LogP contribution in [0.5, 0.6) is 11.5 Å². The number of carbonyl (C=O) groups excluding carboxylic acids is 1. The summed E-state index contributed by atoms with van der Waals surface area (Å²) >= 11 is 0. The summed E-state index contributed by atoms with van der Waals surface area (Å²) in [7, 11) is 0. The molecule has 5 heterocycles. The highest BCUT2D eigenvalue weighted by atomic mass is 16.7. The van der Waals surface area contributed by atoms with Gasteiger partial charge in [-0.25, -0.2) is 9.78 Å². The fraction of sp³-hybridized carbons (Fsp3) is 0.273. The topological polar surface area (TPSA) is 132 Å². The lowest BCUT2D eigenvalue weighted by molar-refractivity contribution is -0.172. The van der Waals surface area contributed by atoms with Gasteiger partial charge in [0.1, 0.15) is 6.61 Å². The van der Waals surface area contributed by atoms with Crippen molar-refractivity contribution < 1.29 is 29.3 Å². The van der Waals surface area contributed by atoms with E-state index in [1.54, 1.807) is 25.1 Å². The van der Waals surface area contributed by atoms with E-state index in [-0.39, 0.29) is 43.1 Å². The second-order valence-electron chi connectivity index (χ2n) is 7.92. The van der Waals surface area contributed by atoms with Gasteiger partial charge in [-0.15, -0.1) is 0 Å². The number of cyclic esters (lactones) is 1. The minimum Gasteiger partial charge on any atom is -0.458 e. The third kappa shape index (κ3) is 2.27. The first-order valence-corrected chi connectivity index (χ1v) is 10.1. The molecule has 32 heavy (non-hydrogen) atoms. The molecule has 0 aliphatic carbocycles. The first-order chi connectivity index (χ1) is 15.5. The van der Waals surface area contributed by atoms with Gasteiger partial charge in [0, 0.05) is 28.1 Å². The molecular formula is C22H17N3O7. The number of ether oxygens (including phenoxy) is 3. The number of fused-ring (bicyclic) bond motifs is 6. The molecule has 2 aromatic heterocycles. The quantitative estimate of drug-likeness (QED) is 0.210. The summed E-state index contributed by atoms with van der Waals surface area (Å²) in [6.45, 7) is 1.74. The van der Waals surface area contributed by atoms with Crippen molar-refractivity contribution >= 4 is 23.1 Å². The molecule has 0 saturated heterocycles. The highest BCUT2D eigenvalue weighted by Crippen LogP contribution is 2.42. The van der Waals surface area contributed by atoms with Crippen LogP contribution in [0.2, 0.25) is 0 Å². The van der Waals surface area contributed by atoms with Gasteiger partial charge >= 0.3 is 5.97 Å². The van der Waals surface area contributed by atoms with Gasteiger partial charge in [-0.2, -0.15) is 0 Å². The van der Waals surface area contributed by atoms with Crippen molar-refractivity contribution in [1.29, 1.82) is 0 Å². The van der Waals surface area contributed by atoms with E-state index in [2.05, 4.69) is 5.16 Å². The molecule has 10 heteroatoms. The highest BCUT2D eigenvalue weighted by molar-refractivity contribution is 6.03. The zero-order chi connectivity index (χ0) is 22.2. The zero-order valence-electron chi connectivity index (χ0n) is 16.9. The van der Waals surface area contributed by atoms with Crippen LogP contribution < -0.4 is 15.0 Å². The third-order valence-electron chi connectivity index (χ3n) is 6.41. The molecule has 2 N–H and O–H groups in total. The van der Waals surface area contributed by atoms with Crippen LogP contribution in [0, 0.1) is 0 Å². The van der Waals surface area contributed by atoms with Crippen molar-refractivity contribution in [3.63, 3.8) is 0 Å². The van der Waals surface area contributed by atoms with Crippen LogP contribution in [0.25, 0.3) is 22.3 Å². The predicted octanol–water partition coefficient (Wildman–Crippen LogP) is 1.62. The Bertz CT molecular complexity index is 1440. The first kappa shape index (κ1) is 18.8. The molecule has 3 aliphatic heterocycles. The number of pyridine rings is 2. The summed E-state index contributed by atoms with van der Waals surface area (Å²) in [6, 6.07) is 5.13. The van der Waals surface area contributed by atoms with Crippen molar-refractivity contribution in [1.82, 2.24) is 9.55 Å². The summed E-state index contributed by atoms with van der Waals surface area (Å²) < 4.78 is 17.6. The molecule has 1 aromatic carbocycles. The lowest BCUT2D eigenvalue weighted by atomic mass is 9.86. The molecule has 10 nitrogen and oxygen atoms in total. The summed E-state index contributed by atoms with van der Waals surface area (Å²) in [5.74, 6) is 0.321. The molecule has 0 amide bonds. The lowest BCUT2D eigenvalue weighted by Gasteiger charge is -2.31. The average Bonchev–Trinajstić information content (AvgIpc) is 3.40. The monoisotopic (exact) mass is 435 g/mol. The van der Waals surface area contributed by atoms with Crippen LogP contribution in [0.3, 0.4) is 0 Å². The molecule has 0 bridgehead atoms. The SMILES string of the molecule is CC[C@@]1(O)C(=O)OCc2c1cc1n(c2=O)Cc2c-1nc1cc3c(cc1c2/C=N/O)OCO3. The molecule has 1 atom stereocenters. The Morgan fingerprint density at radius 1 is 1.19 bits per heavy atom. The number of hydrogen-bond donors (Lipinski definition) is 2. The van der Waals surface area contributed by atoms with Crippen molar-refractivity contribution in [2.24, 2.45) is 5.16 Å². The van der Waals surface area contributed by atoms with Crippen molar-refractivity contribution in [3.05, 3.63) is 50.8 Å². The Morgan fingerprint density at radius 3 is 2.72 bits per heavy atom. The van der Waals surface area contributed by atoms with Crippen molar-refractivity contribution in [2.75, 3.05) is 6.79 Å². The molecule has 0 fully saturated rings. The molecule has 0 saturated carbocycles. The number of aromatic nitrogens is 2. The maximum Gasteiger partial charge on any atom is 0.343 e. The molecule has 0 unspecified atom stereocenters. The maximum atomic E-state index is 13.3. The number of aliphatic hydroxyl groups is 1. The smallest absolute Gasteiger partial charge is 0.343 e. The van der Waals surface area contributed by atoms with Gasteiger partial charge in [-0.05, 0) is 18.6 Å². The van der Waals surface area contributed by atoms with Gasteiger partial charge in [0.15, 0.2) is 17.1 Å². The van der Waals surface area contributed by atoms with E-state index < -0.39 is 11.6 Å². The Labute approximate surface area is 180 Å². The van der Waals surface area contributed by atoms with Crippen LogP contribution in [0.1, 0.15) is 35.6 Å². The van der Waals surface area contributed by atoms with Crippen LogP contribution in [-0.4, -0.2) is 38.8 Å². The van der Waals surface area contributed by atoms with E-state index in [1.807, 2.05) is 0 Å². The van der Waals surface area contributed by atoms with Gasteiger partial charge in [-0.1, -0.05) is 12.1 Å². The number of nitrogens with zero attached hydrogens (tertiary/aromatic N) is 3. The van der Waals surface area contributed by atoms with Crippen LogP contribution >= 0.6 is 0 Å². The molecule has 0 spiro atoms. The average molecular weight is 435 g/mol. The third-order valence-corrected chi connectivity index (χ3v) is 6.41. The predicted molar refractivity (Wildman–Crippen MR) is 110 cm³/mol. The van der Waals surface area contributed by atoms with Crippen LogP contribution in [0.4, 0.5) is 0 Å². The van der Waals surface area contributed by atoms with E-state index in [0.717, 1.165) is 0 Å². The summed E-state index contributed by atoms with van der Waals surface area (Å²) in [5.41, 5.74) is 1.03. The molecule has 3 aromatic rings. The van der Waals surface area contributed by atoms with Gasteiger partial charge in [0.2, 0.25) is 6.79 Å². The van der Waals surface area contributed by atoms with E-state index in [9.17, 15) is 19.9 Å². The standard InChI is InChI=1S/C22H17N3O7/c1-2-22(28)14-4-16-19-12(7-25(16)20(26)13(14)8-30-21(22)27)11(6-23-29)10-3-17-18(32-9-31-17)5-15(10)24-19/h3-6,28-29H,2,7-9H2,1H3/b23-6+/t22-/m0/s1. The number of rotatable bonds is 2. The number of hydrogen-bond acceptors (Lipinski definition) is 9. The molecule has 3 aliphatic rings. The molecule has 162 valence electrons. The minimum absolute atomic E-state index is 0.0611. The Morgan fingerprint density at radius 2 is 1.97 bits per heavy atom. The maximum absolute atomic E-state index is 13.3. The van der Waals surface area contributed by atoms with Gasteiger partial charge < -0.3 is 29.1 Å². The second kappa shape index (κ2) is 6.30. The fourth-order valence-corrected chi connectivity index (χ4v) is 4.71. The molecular weight excluding hydrogens is 418 g/mol.